The molecule has 4 rings (SSSR count). The van der Waals surface area contributed by atoms with Crippen LogP contribution in [0.15, 0.2) is 54.6 Å². The molecule has 0 atom stereocenters. The molecule has 2 N–H and O–H groups in total. The molecule has 0 aliphatic carbocycles. The van der Waals surface area contributed by atoms with E-state index in [4.69, 9.17) is 11.6 Å². The standard InChI is InChI=1S/C23H25ClN4O/c1-16-3-2-4-17(13-16)14-23(29)25-20-9-11-28(12-10-20)22-15-21(26-27-22)18-5-7-19(24)8-6-18/h2-8,13,15,20H,9-12,14H2,1H3,(H,25,29)(H,26,27). The van der Waals surface area contributed by atoms with Crippen LogP contribution in [-0.4, -0.2) is 35.2 Å². The number of aryl methyl sites for hydroxylation is 1. The van der Waals surface area contributed by atoms with Gasteiger partial charge in [-0.15, -0.1) is 0 Å². The Morgan fingerprint density at radius 2 is 1.93 bits per heavy atom. The van der Waals surface area contributed by atoms with Crippen molar-refractivity contribution < 1.29 is 4.79 Å². The highest BCUT2D eigenvalue weighted by molar-refractivity contribution is 6.30. The Kier molecular flexibility index (Phi) is 5.86. The Morgan fingerprint density at radius 3 is 2.66 bits per heavy atom. The summed E-state index contributed by atoms with van der Waals surface area (Å²) in [6.45, 7) is 3.80. The molecule has 5 nitrogen and oxygen atoms in total. The number of hydrogen-bond acceptors (Lipinski definition) is 3. The molecule has 1 fully saturated rings. The zero-order valence-corrected chi connectivity index (χ0v) is 17.2. The van der Waals surface area contributed by atoms with Crippen LogP contribution < -0.4 is 10.2 Å². The van der Waals surface area contributed by atoms with Gasteiger partial charge in [0.1, 0.15) is 0 Å². The lowest BCUT2D eigenvalue weighted by molar-refractivity contribution is -0.121. The van der Waals surface area contributed by atoms with E-state index in [2.05, 4.69) is 32.5 Å². The van der Waals surface area contributed by atoms with E-state index >= 15 is 0 Å². The fourth-order valence-electron chi connectivity index (χ4n) is 3.79. The van der Waals surface area contributed by atoms with Crippen LogP contribution in [0.25, 0.3) is 11.3 Å². The summed E-state index contributed by atoms with van der Waals surface area (Å²) >= 11 is 5.96. The van der Waals surface area contributed by atoms with E-state index in [0.29, 0.717) is 6.42 Å². The molecule has 2 aromatic carbocycles. The van der Waals surface area contributed by atoms with E-state index in [-0.39, 0.29) is 11.9 Å². The number of nitrogens with one attached hydrogen (secondary N) is 2. The number of nitrogens with zero attached hydrogens (tertiary/aromatic N) is 2. The van der Waals surface area contributed by atoms with E-state index in [0.717, 1.165) is 53.6 Å². The average molecular weight is 409 g/mol. The number of anilines is 1. The second-order valence-corrected chi connectivity index (χ2v) is 8.08. The number of rotatable bonds is 5. The lowest BCUT2D eigenvalue weighted by Gasteiger charge is -2.32. The van der Waals surface area contributed by atoms with Gasteiger partial charge < -0.3 is 10.2 Å². The number of aromatic nitrogens is 2. The first-order chi connectivity index (χ1) is 14.1. The number of piperidine rings is 1. The molecule has 29 heavy (non-hydrogen) atoms. The van der Waals surface area contributed by atoms with Gasteiger partial charge in [-0.25, -0.2) is 0 Å². The summed E-state index contributed by atoms with van der Waals surface area (Å²) < 4.78 is 0. The molecule has 2 heterocycles. The van der Waals surface area contributed by atoms with Crippen molar-refractivity contribution in [3.8, 4) is 11.3 Å². The minimum Gasteiger partial charge on any atom is -0.355 e. The molecule has 1 aliphatic rings. The fraction of sp³-hybridized carbons (Fsp3) is 0.304. The number of halogens is 1. The maximum absolute atomic E-state index is 12.4. The molecule has 1 aliphatic heterocycles. The smallest absolute Gasteiger partial charge is 0.224 e. The van der Waals surface area contributed by atoms with Crippen LogP contribution in [0.5, 0.6) is 0 Å². The number of benzene rings is 2. The summed E-state index contributed by atoms with van der Waals surface area (Å²) in [5.41, 5.74) is 4.28. The van der Waals surface area contributed by atoms with Crippen LogP contribution in [0, 0.1) is 6.92 Å². The lowest BCUT2D eigenvalue weighted by atomic mass is 10.0. The fourth-order valence-corrected chi connectivity index (χ4v) is 3.92. The first-order valence-corrected chi connectivity index (χ1v) is 10.4. The summed E-state index contributed by atoms with van der Waals surface area (Å²) in [6, 6.07) is 18.1. The second-order valence-electron chi connectivity index (χ2n) is 7.64. The van der Waals surface area contributed by atoms with Gasteiger partial charge in [0.2, 0.25) is 5.91 Å². The number of carbonyl (C=O) groups is 1. The highest BCUT2D eigenvalue weighted by Crippen LogP contribution is 2.25. The first-order valence-electron chi connectivity index (χ1n) is 9.98. The van der Waals surface area contributed by atoms with Gasteiger partial charge in [0.15, 0.2) is 5.82 Å². The zero-order chi connectivity index (χ0) is 20.2. The maximum atomic E-state index is 12.4. The Hall–Kier alpha value is -2.79. The molecule has 0 bridgehead atoms. The van der Waals surface area contributed by atoms with Crippen molar-refractivity contribution in [2.75, 3.05) is 18.0 Å². The molecule has 1 saturated heterocycles. The third-order valence-corrected chi connectivity index (χ3v) is 5.60. The van der Waals surface area contributed by atoms with Crippen molar-refractivity contribution in [1.82, 2.24) is 15.5 Å². The number of hydrogen-bond donors (Lipinski definition) is 2. The van der Waals surface area contributed by atoms with Gasteiger partial charge >= 0.3 is 0 Å². The summed E-state index contributed by atoms with van der Waals surface area (Å²) in [4.78, 5) is 14.6. The van der Waals surface area contributed by atoms with E-state index in [1.165, 1.54) is 5.56 Å². The average Bonchev–Trinajstić information content (AvgIpc) is 3.19. The summed E-state index contributed by atoms with van der Waals surface area (Å²) in [5.74, 6) is 1.04. The summed E-state index contributed by atoms with van der Waals surface area (Å²) in [7, 11) is 0. The van der Waals surface area contributed by atoms with Crippen molar-refractivity contribution in [2.24, 2.45) is 0 Å². The van der Waals surface area contributed by atoms with E-state index in [1.807, 2.05) is 49.4 Å². The Bertz CT molecular complexity index is 975. The first kappa shape index (κ1) is 19.5. The molecular weight excluding hydrogens is 384 g/mol. The molecule has 1 aromatic heterocycles. The van der Waals surface area contributed by atoms with Gasteiger partial charge in [-0.3, -0.25) is 9.89 Å². The van der Waals surface area contributed by atoms with Crippen LogP contribution in [0.1, 0.15) is 24.0 Å². The van der Waals surface area contributed by atoms with Crippen LogP contribution in [0.4, 0.5) is 5.82 Å². The van der Waals surface area contributed by atoms with E-state index in [1.54, 1.807) is 0 Å². The van der Waals surface area contributed by atoms with Crippen molar-refractivity contribution in [2.45, 2.75) is 32.2 Å². The van der Waals surface area contributed by atoms with E-state index < -0.39 is 0 Å². The predicted molar refractivity (Wildman–Crippen MR) is 117 cm³/mol. The molecule has 0 unspecified atom stereocenters. The van der Waals surface area contributed by atoms with Crippen LogP contribution in [0.2, 0.25) is 5.02 Å². The zero-order valence-electron chi connectivity index (χ0n) is 16.5. The van der Waals surface area contributed by atoms with Crippen molar-refractivity contribution >= 4 is 23.3 Å². The summed E-state index contributed by atoms with van der Waals surface area (Å²) in [6.07, 6.45) is 2.27. The van der Waals surface area contributed by atoms with Gasteiger partial charge in [-0.05, 0) is 43.0 Å². The van der Waals surface area contributed by atoms with E-state index in [9.17, 15) is 4.79 Å². The molecular formula is C23H25ClN4O. The van der Waals surface area contributed by atoms with Gasteiger partial charge in [-0.1, -0.05) is 53.6 Å². The van der Waals surface area contributed by atoms with Crippen LogP contribution >= 0.6 is 11.6 Å². The minimum absolute atomic E-state index is 0.0962. The second kappa shape index (κ2) is 8.70. The number of carbonyl (C=O) groups excluding carboxylic acids is 1. The quantitative estimate of drug-likeness (QED) is 0.659. The highest BCUT2D eigenvalue weighted by atomic mass is 35.5. The summed E-state index contributed by atoms with van der Waals surface area (Å²) in [5, 5.41) is 11.5. The SMILES string of the molecule is Cc1cccc(CC(=O)NC2CCN(c3cc(-c4ccc(Cl)cc4)[nH]n3)CC2)c1. The molecule has 0 saturated carbocycles. The molecule has 1 amide bonds. The number of aromatic amines is 1. The van der Waals surface area contributed by atoms with Gasteiger partial charge in [0.25, 0.3) is 0 Å². The van der Waals surface area contributed by atoms with Gasteiger partial charge in [0, 0.05) is 30.2 Å². The molecule has 6 heteroatoms. The largest absolute Gasteiger partial charge is 0.355 e. The van der Waals surface area contributed by atoms with Crippen molar-refractivity contribution in [1.29, 1.82) is 0 Å². The van der Waals surface area contributed by atoms with Crippen molar-refractivity contribution in [3.05, 3.63) is 70.7 Å². The van der Waals surface area contributed by atoms with Crippen LogP contribution in [-0.2, 0) is 11.2 Å². The Balaban J connectivity index is 1.29. The Labute approximate surface area is 176 Å². The molecule has 0 radical (unpaired) electrons. The topological polar surface area (TPSA) is 61.0 Å². The van der Waals surface area contributed by atoms with Gasteiger partial charge in [-0.2, -0.15) is 5.10 Å². The lowest BCUT2D eigenvalue weighted by Crippen LogP contribution is -2.45. The monoisotopic (exact) mass is 408 g/mol. The normalized spacial score (nSPS) is 14.8. The molecule has 3 aromatic rings. The minimum atomic E-state index is 0.0962. The predicted octanol–water partition coefficient (Wildman–Crippen LogP) is 4.37. The van der Waals surface area contributed by atoms with Crippen LogP contribution in [0.3, 0.4) is 0 Å². The number of amides is 1. The maximum Gasteiger partial charge on any atom is 0.224 e. The molecule has 0 spiro atoms. The Morgan fingerprint density at radius 1 is 1.17 bits per heavy atom. The molecule has 150 valence electrons. The van der Waals surface area contributed by atoms with Gasteiger partial charge in [0.05, 0.1) is 12.1 Å². The highest BCUT2D eigenvalue weighted by Gasteiger charge is 2.22. The third kappa shape index (κ3) is 4.98. The van der Waals surface area contributed by atoms with Crippen molar-refractivity contribution in [3.63, 3.8) is 0 Å². The third-order valence-electron chi connectivity index (χ3n) is 5.35. The number of H-pyrrole nitrogens is 1.